The molecule has 3 rings (SSSR count). The Hall–Kier alpha value is -3.43. The van der Waals surface area contributed by atoms with Crippen molar-refractivity contribution in [1.29, 1.82) is 0 Å². The summed E-state index contributed by atoms with van der Waals surface area (Å²) in [7, 11) is 1.41. The molecule has 2 aromatic heterocycles. The quantitative estimate of drug-likeness (QED) is 0.668. The van der Waals surface area contributed by atoms with Crippen molar-refractivity contribution in [1.82, 2.24) is 19.9 Å². The van der Waals surface area contributed by atoms with Crippen molar-refractivity contribution in [2.24, 2.45) is 0 Å². The Kier molecular flexibility index (Phi) is 5.30. The van der Waals surface area contributed by atoms with Gasteiger partial charge >= 0.3 is 12.2 Å². The van der Waals surface area contributed by atoms with Crippen molar-refractivity contribution in [2.45, 2.75) is 20.0 Å². The van der Waals surface area contributed by atoms with Crippen LogP contribution < -0.4 is 15.4 Å². The maximum absolute atomic E-state index is 13.4. The molecule has 0 spiro atoms. The normalized spacial score (nSPS) is 11.2. The summed E-state index contributed by atoms with van der Waals surface area (Å²) in [6.45, 7) is 3.62. The first-order chi connectivity index (χ1) is 13.3. The Morgan fingerprint density at radius 3 is 2.25 bits per heavy atom. The van der Waals surface area contributed by atoms with E-state index in [1.807, 2.05) is 6.92 Å². The molecule has 3 aromatic rings. The fourth-order valence-electron chi connectivity index (χ4n) is 2.28. The zero-order valence-electron chi connectivity index (χ0n) is 15.3. The Labute approximate surface area is 159 Å². The molecule has 1 aromatic carbocycles. The minimum Gasteiger partial charge on any atom is -0.467 e. The van der Waals surface area contributed by atoms with Crippen molar-refractivity contribution in [2.75, 3.05) is 17.7 Å². The summed E-state index contributed by atoms with van der Waals surface area (Å²) < 4.78 is 45.0. The molecule has 0 fully saturated rings. The number of halogens is 3. The average molecular weight is 390 g/mol. The van der Waals surface area contributed by atoms with Crippen LogP contribution in [0.2, 0.25) is 0 Å². The monoisotopic (exact) mass is 390 g/mol. The third kappa shape index (κ3) is 4.45. The number of rotatable bonds is 5. The second-order valence-corrected chi connectivity index (χ2v) is 5.96. The lowest BCUT2D eigenvalue weighted by Crippen LogP contribution is -2.13. The molecule has 0 aliphatic heterocycles. The van der Waals surface area contributed by atoms with Crippen molar-refractivity contribution >= 4 is 23.3 Å². The minimum atomic E-state index is -4.61. The highest BCUT2D eigenvalue weighted by molar-refractivity contribution is 5.63. The van der Waals surface area contributed by atoms with Crippen LogP contribution in [0.15, 0.2) is 36.7 Å². The van der Waals surface area contributed by atoms with Crippen LogP contribution >= 0.6 is 0 Å². The largest absolute Gasteiger partial charge is 0.467 e. The van der Waals surface area contributed by atoms with Crippen LogP contribution in [-0.4, -0.2) is 27.0 Å². The van der Waals surface area contributed by atoms with Crippen molar-refractivity contribution in [3.8, 4) is 6.01 Å². The predicted octanol–water partition coefficient (Wildman–Crippen LogP) is 4.40. The van der Waals surface area contributed by atoms with Gasteiger partial charge in [0.15, 0.2) is 0 Å². The fraction of sp³-hybridized carbons (Fsp3) is 0.222. The van der Waals surface area contributed by atoms with E-state index in [9.17, 15) is 13.2 Å². The average Bonchev–Trinajstić information content (AvgIpc) is 2.64. The molecule has 0 radical (unpaired) electrons. The molecule has 0 amide bonds. The van der Waals surface area contributed by atoms with E-state index in [0.29, 0.717) is 17.1 Å². The summed E-state index contributed by atoms with van der Waals surface area (Å²) in [6, 6.07) is 7.02. The zero-order chi connectivity index (χ0) is 20.3. The van der Waals surface area contributed by atoms with Gasteiger partial charge in [0.25, 0.3) is 0 Å². The van der Waals surface area contributed by atoms with Gasteiger partial charge in [-0.3, -0.25) is 0 Å². The second kappa shape index (κ2) is 7.67. The Balaban J connectivity index is 1.96. The maximum Gasteiger partial charge on any atom is 0.421 e. The van der Waals surface area contributed by atoms with Crippen molar-refractivity contribution < 1.29 is 17.9 Å². The van der Waals surface area contributed by atoms with E-state index in [4.69, 9.17) is 4.74 Å². The summed E-state index contributed by atoms with van der Waals surface area (Å²) in [5, 5.41) is 5.50. The lowest BCUT2D eigenvalue weighted by Gasteiger charge is -2.15. The number of hydrogen-bond acceptors (Lipinski definition) is 7. The Morgan fingerprint density at radius 1 is 0.893 bits per heavy atom. The number of nitrogens with one attached hydrogen (secondary N) is 2. The summed E-state index contributed by atoms with van der Waals surface area (Å²) in [6.07, 6.45) is -2.37. The van der Waals surface area contributed by atoms with Crippen LogP contribution in [0.5, 0.6) is 6.01 Å². The first-order valence-electron chi connectivity index (χ1n) is 8.19. The maximum atomic E-state index is 13.4. The van der Waals surface area contributed by atoms with Crippen LogP contribution in [0.25, 0.3) is 0 Å². The summed E-state index contributed by atoms with van der Waals surface area (Å²) in [5.41, 5.74) is 1.13. The van der Waals surface area contributed by atoms with E-state index in [1.165, 1.54) is 13.3 Å². The molecular weight excluding hydrogens is 373 g/mol. The van der Waals surface area contributed by atoms with Crippen LogP contribution in [-0.2, 0) is 6.18 Å². The number of anilines is 4. The first kappa shape index (κ1) is 19.3. The van der Waals surface area contributed by atoms with Gasteiger partial charge in [-0.15, -0.1) is 0 Å². The van der Waals surface area contributed by atoms with Crippen LogP contribution in [0.4, 0.5) is 36.4 Å². The summed E-state index contributed by atoms with van der Waals surface area (Å²) in [5.74, 6) is -0.0908. The number of aromatic nitrogens is 4. The molecule has 2 heterocycles. The van der Waals surface area contributed by atoms with E-state index in [-0.39, 0.29) is 17.8 Å². The summed E-state index contributed by atoms with van der Waals surface area (Å²) >= 11 is 0. The van der Waals surface area contributed by atoms with Crippen molar-refractivity contribution in [3.05, 3.63) is 53.3 Å². The molecular formula is C18H17F3N6O. The standard InChI is InChI=1S/C18H17F3N6O/c1-10-4-6-12(7-5-10)24-15-13(18(19,20)21)9-22-16(26-15)25-14-11(2)8-23-17(27-14)28-3/h4-9H,1-3H3,(H2,22,23,24,25,26,27). The molecule has 146 valence electrons. The SMILES string of the molecule is COc1ncc(C)c(Nc2ncc(C(F)(F)F)c(Nc3ccc(C)cc3)n2)n1. The van der Waals surface area contributed by atoms with E-state index in [0.717, 1.165) is 11.8 Å². The van der Waals surface area contributed by atoms with Gasteiger partial charge in [0.1, 0.15) is 17.2 Å². The van der Waals surface area contributed by atoms with Crippen molar-refractivity contribution in [3.63, 3.8) is 0 Å². The highest BCUT2D eigenvalue weighted by Gasteiger charge is 2.35. The highest BCUT2D eigenvalue weighted by atomic mass is 19.4. The molecule has 0 aliphatic rings. The van der Waals surface area contributed by atoms with Gasteiger partial charge in [0.2, 0.25) is 5.95 Å². The number of benzene rings is 1. The van der Waals surface area contributed by atoms with Gasteiger partial charge in [-0.1, -0.05) is 17.7 Å². The van der Waals surface area contributed by atoms with E-state index >= 15 is 0 Å². The number of hydrogen-bond donors (Lipinski definition) is 2. The van der Waals surface area contributed by atoms with E-state index < -0.39 is 11.7 Å². The molecule has 0 bridgehead atoms. The van der Waals surface area contributed by atoms with Gasteiger partial charge in [-0.25, -0.2) is 9.97 Å². The third-order valence-corrected chi connectivity index (χ3v) is 3.77. The smallest absolute Gasteiger partial charge is 0.421 e. The number of aryl methyl sites for hydroxylation is 2. The lowest BCUT2D eigenvalue weighted by molar-refractivity contribution is -0.137. The molecule has 0 unspecified atom stereocenters. The molecule has 28 heavy (non-hydrogen) atoms. The molecule has 0 saturated carbocycles. The van der Waals surface area contributed by atoms with Gasteiger partial charge in [-0.2, -0.15) is 23.1 Å². The number of nitrogens with zero attached hydrogens (tertiary/aromatic N) is 4. The van der Waals surface area contributed by atoms with E-state index in [2.05, 4.69) is 30.6 Å². The molecule has 2 N–H and O–H groups in total. The van der Waals surface area contributed by atoms with Crippen LogP contribution in [0, 0.1) is 13.8 Å². The predicted molar refractivity (Wildman–Crippen MR) is 98.1 cm³/mol. The van der Waals surface area contributed by atoms with Crippen LogP contribution in [0.3, 0.4) is 0 Å². The zero-order valence-corrected chi connectivity index (χ0v) is 15.3. The van der Waals surface area contributed by atoms with Gasteiger partial charge in [-0.05, 0) is 26.0 Å². The third-order valence-electron chi connectivity index (χ3n) is 3.77. The fourth-order valence-corrected chi connectivity index (χ4v) is 2.28. The van der Waals surface area contributed by atoms with E-state index in [1.54, 1.807) is 31.2 Å². The van der Waals surface area contributed by atoms with Gasteiger partial charge < -0.3 is 15.4 Å². The highest BCUT2D eigenvalue weighted by Crippen LogP contribution is 2.35. The molecule has 10 heteroatoms. The summed E-state index contributed by atoms with van der Waals surface area (Å²) in [4.78, 5) is 15.8. The van der Waals surface area contributed by atoms with Crippen LogP contribution in [0.1, 0.15) is 16.7 Å². The lowest BCUT2D eigenvalue weighted by atomic mass is 10.2. The Bertz CT molecular complexity index is 976. The first-order valence-corrected chi connectivity index (χ1v) is 8.19. The number of ether oxygens (including phenoxy) is 1. The number of methoxy groups -OCH3 is 1. The van der Waals surface area contributed by atoms with Gasteiger partial charge in [0, 0.05) is 23.6 Å². The number of alkyl halides is 3. The van der Waals surface area contributed by atoms with Gasteiger partial charge in [0.05, 0.1) is 7.11 Å². The minimum absolute atomic E-state index is 0.0496. The molecule has 0 saturated heterocycles. The Morgan fingerprint density at radius 2 is 1.61 bits per heavy atom. The molecule has 0 atom stereocenters. The topological polar surface area (TPSA) is 84.9 Å². The second-order valence-electron chi connectivity index (χ2n) is 5.96. The molecule has 7 nitrogen and oxygen atoms in total. The molecule has 0 aliphatic carbocycles.